The average molecular weight is 318 g/mol. The molecule has 1 aromatic heterocycles. The quantitative estimate of drug-likeness (QED) is 0.865. The molecule has 2 rings (SSSR count). The summed E-state index contributed by atoms with van der Waals surface area (Å²) in [7, 11) is 3.90. The SMILES string of the molecule is CNC(Cc1sccc1Br)CC1(OC)CCC1. The number of hydrogen-bond acceptors (Lipinski definition) is 3. The first kappa shape index (κ1) is 13.5. The Hall–Kier alpha value is 0.1000. The number of hydrogen-bond donors (Lipinski definition) is 1. The number of thiophene rings is 1. The van der Waals surface area contributed by atoms with Crippen LogP contribution in [0.2, 0.25) is 0 Å². The molecule has 1 aromatic rings. The van der Waals surface area contributed by atoms with E-state index in [9.17, 15) is 0 Å². The number of methoxy groups -OCH3 is 1. The van der Waals surface area contributed by atoms with Gasteiger partial charge in [-0.3, -0.25) is 0 Å². The van der Waals surface area contributed by atoms with Crippen LogP contribution in [0.4, 0.5) is 0 Å². The predicted octanol–water partition coefficient (Wildman–Crippen LogP) is 3.60. The molecule has 0 saturated heterocycles. The van der Waals surface area contributed by atoms with Crippen molar-refractivity contribution in [2.24, 2.45) is 0 Å². The normalized spacial score (nSPS) is 19.9. The van der Waals surface area contributed by atoms with Crippen LogP contribution in [0.15, 0.2) is 15.9 Å². The first-order valence-corrected chi connectivity index (χ1v) is 7.81. The van der Waals surface area contributed by atoms with Crippen molar-refractivity contribution in [1.82, 2.24) is 5.32 Å². The third kappa shape index (κ3) is 3.11. The Labute approximate surface area is 116 Å². The van der Waals surface area contributed by atoms with Crippen LogP contribution in [0.1, 0.15) is 30.6 Å². The number of ether oxygens (including phenoxy) is 1. The van der Waals surface area contributed by atoms with Gasteiger partial charge < -0.3 is 10.1 Å². The summed E-state index contributed by atoms with van der Waals surface area (Å²) in [6.45, 7) is 0. The highest BCUT2D eigenvalue weighted by atomic mass is 79.9. The summed E-state index contributed by atoms with van der Waals surface area (Å²) in [6, 6.07) is 2.63. The van der Waals surface area contributed by atoms with E-state index in [0.29, 0.717) is 6.04 Å². The van der Waals surface area contributed by atoms with Crippen LogP contribution in [0, 0.1) is 0 Å². The van der Waals surface area contributed by atoms with Gasteiger partial charge in [-0.05, 0) is 66.5 Å². The van der Waals surface area contributed by atoms with Crippen molar-refractivity contribution >= 4 is 27.3 Å². The van der Waals surface area contributed by atoms with Gasteiger partial charge in [-0.1, -0.05) is 0 Å². The van der Waals surface area contributed by atoms with Crippen LogP contribution < -0.4 is 5.32 Å². The first-order chi connectivity index (χ1) is 8.19. The van der Waals surface area contributed by atoms with Gasteiger partial charge in [0.05, 0.1) is 5.60 Å². The molecule has 0 radical (unpaired) electrons. The zero-order valence-corrected chi connectivity index (χ0v) is 12.9. The molecule has 1 saturated carbocycles. The predicted molar refractivity (Wildman–Crippen MR) is 76.8 cm³/mol. The lowest BCUT2D eigenvalue weighted by molar-refractivity contribution is -0.0830. The number of nitrogens with one attached hydrogen (secondary N) is 1. The Kier molecular flexibility index (Phi) is 4.64. The Balaban J connectivity index is 1.95. The maximum atomic E-state index is 5.71. The largest absolute Gasteiger partial charge is 0.378 e. The van der Waals surface area contributed by atoms with Gasteiger partial charge in [-0.25, -0.2) is 0 Å². The molecule has 4 heteroatoms. The van der Waals surface area contributed by atoms with Crippen molar-refractivity contribution in [2.75, 3.05) is 14.2 Å². The fourth-order valence-electron chi connectivity index (χ4n) is 2.48. The van der Waals surface area contributed by atoms with Crippen molar-refractivity contribution in [1.29, 1.82) is 0 Å². The molecule has 1 aliphatic carbocycles. The summed E-state index contributed by atoms with van der Waals surface area (Å²) >= 11 is 5.43. The lowest BCUT2D eigenvalue weighted by atomic mass is 9.75. The summed E-state index contributed by atoms with van der Waals surface area (Å²) in [5.74, 6) is 0. The van der Waals surface area contributed by atoms with E-state index in [0.717, 1.165) is 12.8 Å². The molecule has 1 atom stereocenters. The van der Waals surface area contributed by atoms with Gasteiger partial charge >= 0.3 is 0 Å². The van der Waals surface area contributed by atoms with E-state index in [1.807, 2.05) is 25.5 Å². The number of halogens is 1. The molecular formula is C13H20BrNOS. The third-order valence-corrected chi connectivity index (χ3v) is 5.80. The van der Waals surface area contributed by atoms with Crippen LogP contribution >= 0.6 is 27.3 Å². The highest BCUT2D eigenvalue weighted by Gasteiger charge is 2.38. The number of rotatable bonds is 6. The second-order valence-corrected chi connectivity index (χ2v) is 6.68. The molecule has 1 N–H and O–H groups in total. The molecule has 0 aliphatic heterocycles. The van der Waals surface area contributed by atoms with E-state index in [4.69, 9.17) is 4.74 Å². The monoisotopic (exact) mass is 317 g/mol. The summed E-state index contributed by atoms with van der Waals surface area (Å²) in [4.78, 5) is 1.43. The zero-order valence-electron chi connectivity index (χ0n) is 10.5. The van der Waals surface area contributed by atoms with E-state index in [1.165, 1.54) is 28.6 Å². The maximum Gasteiger partial charge on any atom is 0.0693 e. The number of likely N-dealkylation sites (N-methyl/N-ethyl adjacent to an activating group) is 1. The van der Waals surface area contributed by atoms with Crippen LogP contribution in [0.25, 0.3) is 0 Å². The van der Waals surface area contributed by atoms with E-state index in [-0.39, 0.29) is 5.60 Å². The van der Waals surface area contributed by atoms with E-state index in [2.05, 4.69) is 32.7 Å². The average Bonchev–Trinajstić information content (AvgIpc) is 2.68. The molecule has 2 nitrogen and oxygen atoms in total. The van der Waals surface area contributed by atoms with Crippen molar-refractivity contribution in [2.45, 2.75) is 43.7 Å². The summed E-state index contributed by atoms with van der Waals surface area (Å²) in [5, 5.41) is 5.57. The molecule has 0 amide bonds. The minimum absolute atomic E-state index is 0.150. The standard InChI is InChI=1S/C13H20BrNOS/c1-15-10(8-12-11(14)4-7-17-12)9-13(16-2)5-3-6-13/h4,7,10,15H,3,5-6,8-9H2,1-2H3. The van der Waals surface area contributed by atoms with Crippen LogP contribution in [0.5, 0.6) is 0 Å². The van der Waals surface area contributed by atoms with Gasteiger partial charge in [0.25, 0.3) is 0 Å². The van der Waals surface area contributed by atoms with E-state index in [1.54, 1.807) is 0 Å². The van der Waals surface area contributed by atoms with Crippen molar-refractivity contribution in [3.8, 4) is 0 Å². The molecule has 0 aromatic carbocycles. The molecule has 1 heterocycles. The van der Waals surface area contributed by atoms with E-state index < -0.39 is 0 Å². The highest BCUT2D eigenvalue weighted by Crippen LogP contribution is 2.39. The van der Waals surface area contributed by atoms with Crippen molar-refractivity contribution < 1.29 is 4.74 Å². The zero-order chi connectivity index (χ0) is 12.3. The molecule has 1 unspecified atom stereocenters. The smallest absolute Gasteiger partial charge is 0.0693 e. The molecular weight excluding hydrogens is 298 g/mol. The van der Waals surface area contributed by atoms with Gasteiger partial charge in [-0.15, -0.1) is 11.3 Å². The molecule has 96 valence electrons. The molecule has 17 heavy (non-hydrogen) atoms. The third-order valence-electron chi connectivity index (χ3n) is 3.85. The highest BCUT2D eigenvalue weighted by molar-refractivity contribution is 9.10. The minimum atomic E-state index is 0.150. The van der Waals surface area contributed by atoms with Gasteiger partial charge in [0.15, 0.2) is 0 Å². The Morgan fingerprint density at radius 2 is 2.35 bits per heavy atom. The van der Waals surface area contributed by atoms with Gasteiger partial charge in [0, 0.05) is 22.5 Å². The Bertz CT molecular complexity index is 357. The summed E-state index contributed by atoms with van der Waals surface area (Å²) in [5.41, 5.74) is 0.150. The first-order valence-electron chi connectivity index (χ1n) is 6.13. The fraction of sp³-hybridized carbons (Fsp3) is 0.692. The van der Waals surface area contributed by atoms with Crippen molar-refractivity contribution in [3.63, 3.8) is 0 Å². The Morgan fingerprint density at radius 3 is 2.76 bits per heavy atom. The molecule has 0 spiro atoms. The second kappa shape index (κ2) is 5.83. The van der Waals surface area contributed by atoms with Crippen LogP contribution in [-0.4, -0.2) is 25.8 Å². The van der Waals surface area contributed by atoms with Crippen LogP contribution in [-0.2, 0) is 11.2 Å². The lowest BCUT2D eigenvalue weighted by Gasteiger charge is -2.42. The fourth-order valence-corrected chi connectivity index (χ4v) is 4.08. The second-order valence-electron chi connectivity index (χ2n) is 4.83. The lowest BCUT2D eigenvalue weighted by Crippen LogP contribution is -2.45. The van der Waals surface area contributed by atoms with Crippen LogP contribution in [0.3, 0.4) is 0 Å². The van der Waals surface area contributed by atoms with Gasteiger partial charge in [-0.2, -0.15) is 0 Å². The topological polar surface area (TPSA) is 21.3 Å². The summed E-state index contributed by atoms with van der Waals surface area (Å²) < 4.78 is 6.95. The van der Waals surface area contributed by atoms with Crippen molar-refractivity contribution in [3.05, 3.63) is 20.8 Å². The van der Waals surface area contributed by atoms with Gasteiger partial charge in [0.2, 0.25) is 0 Å². The molecule has 0 bridgehead atoms. The minimum Gasteiger partial charge on any atom is -0.378 e. The van der Waals surface area contributed by atoms with Gasteiger partial charge in [0.1, 0.15) is 0 Å². The Morgan fingerprint density at radius 1 is 1.59 bits per heavy atom. The summed E-state index contributed by atoms with van der Waals surface area (Å²) in [6.07, 6.45) is 5.94. The maximum absolute atomic E-state index is 5.71. The molecule has 1 aliphatic rings. The van der Waals surface area contributed by atoms with E-state index >= 15 is 0 Å². The molecule has 1 fully saturated rings.